The molecule has 0 aromatic heterocycles. The zero-order valence-electron chi connectivity index (χ0n) is 10.3. The minimum atomic E-state index is -0.783. The molecule has 0 aliphatic heterocycles. The first-order valence-electron chi connectivity index (χ1n) is 5.06. The Kier molecular flexibility index (Phi) is 4.36. The van der Waals surface area contributed by atoms with E-state index in [2.05, 4.69) is 16.1 Å². The summed E-state index contributed by atoms with van der Waals surface area (Å²) in [5.74, 6) is -1.49. The minimum absolute atomic E-state index is 0.00972. The third-order valence-corrected chi connectivity index (χ3v) is 2.37. The van der Waals surface area contributed by atoms with Crippen LogP contribution >= 0.6 is 0 Å². The van der Waals surface area contributed by atoms with Crippen molar-refractivity contribution in [1.29, 1.82) is 0 Å². The van der Waals surface area contributed by atoms with Gasteiger partial charge in [-0.2, -0.15) is 0 Å². The summed E-state index contributed by atoms with van der Waals surface area (Å²) in [6.07, 6.45) is 0. The van der Waals surface area contributed by atoms with E-state index in [0.717, 1.165) is 20.3 Å². The fourth-order valence-electron chi connectivity index (χ4n) is 1.42. The summed E-state index contributed by atoms with van der Waals surface area (Å²) in [4.78, 5) is 32.9. The number of nitro benzene ring substituents is 1. The Morgan fingerprint density at radius 3 is 2.37 bits per heavy atom. The van der Waals surface area contributed by atoms with Crippen LogP contribution in [0, 0.1) is 10.1 Å². The summed E-state index contributed by atoms with van der Waals surface area (Å²) in [5, 5.41) is 11.0. The van der Waals surface area contributed by atoms with Gasteiger partial charge in [-0.25, -0.2) is 9.59 Å². The highest BCUT2D eigenvalue weighted by molar-refractivity contribution is 6.17. The van der Waals surface area contributed by atoms with Gasteiger partial charge < -0.3 is 9.47 Å². The van der Waals surface area contributed by atoms with Crippen molar-refractivity contribution in [1.82, 2.24) is 0 Å². The molecule has 0 unspecified atom stereocenters. The first-order valence-corrected chi connectivity index (χ1v) is 5.06. The molecule has 0 aliphatic rings. The van der Waals surface area contributed by atoms with Gasteiger partial charge in [-0.15, -0.1) is 0 Å². The number of rotatable bonds is 4. The molecule has 19 heavy (non-hydrogen) atoms. The highest BCUT2D eigenvalue weighted by Gasteiger charge is 2.23. The van der Waals surface area contributed by atoms with E-state index in [0.29, 0.717) is 0 Å². The number of nitro groups is 1. The molecule has 0 aliphatic carbocycles. The van der Waals surface area contributed by atoms with Crippen molar-refractivity contribution in [2.45, 2.75) is 0 Å². The van der Waals surface area contributed by atoms with Crippen LogP contribution in [0.1, 0.15) is 15.9 Å². The second-order valence-corrected chi connectivity index (χ2v) is 3.45. The second kappa shape index (κ2) is 5.76. The maximum absolute atomic E-state index is 11.3. The quantitative estimate of drug-likeness (QED) is 0.355. The molecule has 0 radical (unpaired) electrons. The molecule has 0 saturated carbocycles. The normalized spacial score (nSPS) is 9.58. The van der Waals surface area contributed by atoms with E-state index >= 15 is 0 Å². The summed E-state index contributed by atoms with van der Waals surface area (Å²) < 4.78 is 8.91. The lowest BCUT2D eigenvalue weighted by molar-refractivity contribution is -0.385. The Hall–Kier alpha value is -2.70. The van der Waals surface area contributed by atoms with Crippen molar-refractivity contribution >= 4 is 23.2 Å². The van der Waals surface area contributed by atoms with Gasteiger partial charge in [0.05, 0.1) is 35.8 Å². The lowest BCUT2D eigenvalue weighted by atomic mass is 10.0. The third-order valence-electron chi connectivity index (χ3n) is 2.37. The number of esters is 2. The van der Waals surface area contributed by atoms with Gasteiger partial charge in [-0.3, -0.25) is 10.1 Å². The van der Waals surface area contributed by atoms with Crippen molar-refractivity contribution in [2.75, 3.05) is 14.2 Å². The molecule has 1 aromatic rings. The van der Waals surface area contributed by atoms with Crippen LogP contribution in [0.25, 0.3) is 5.57 Å². The number of ether oxygens (including phenoxy) is 2. The fraction of sp³-hybridized carbons (Fsp3) is 0.167. The zero-order chi connectivity index (χ0) is 14.6. The predicted octanol–water partition coefficient (Wildman–Crippen LogP) is 1.57. The molecule has 0 heterocycles. The molecule has 100 valence electrons. The topological polar surface area (TPSA) is 95.7 Å². The van der Waals surface area contributed by atoms with Crippen molar-refractivity contribution in [3.63, 3.8) is 0 Å². The number of nitrogens with zero attached hydrogens (tertiary/aromatic N) is 1. The van der Waals surface area contributed by atoms with Crippen LogP contribution < -0.4 is 0 Å². The Morgan fingerprint density at radius 2 is 1.89 bits per heavy atom. The molecule has 0 N–H and O–H groups in total. The van der Waals surface area contributed by atoms with E-state index in [-0.39, 0.29) is 16.7 Å². The molecule has 0 bridgehead atoms. The van der Waals surface area contributed by atoms with Gasteiger partial charge in [0.1, 0.15) is 0 Å². The summed E-state index contributed by atoms with van der Waals surface area (Å²) in [7, 11) is 2.30. The van der Waals surface area contributed by atoms with Gasteiger partial charge in [0, 0.05) is 6.07 Å². The number of benzene rings is 1. The Morgan fingerprint density at radius 1 is 1.26 bits per heavy atom. The van der Waals surface area contributed by atoms with Gasteiger partial charge >= 0.3 is 11.9 Å². The molecular formula is C12H11NO6. The van der Waals surface area contributed by atoms with E-state index in [9.17, 15) is 19.7 Å². The van der Waals surface area contributed by atoms with E-state index in [1.807, 2.05) is 0 Å². The Labute approximate surface area is 108 Å². The number of hydrogen-bond donors (Lipinski definition) is 0. The number of carbonyl (C=O) groups is 2. The predicted molar refractivity (Wildman–Crippen MR) is 65.5 cm³/mol. The summed E-state index contributed by atoms with van der Waals surface area (Å²) in [6, 6.07) is 3.58. The highest BCUT2D eigenvalue weighted by atomic mass is 16.6. The number of carbonyl (C=O) groups excluding carboxylic acids is 2. The average molecular weight is 265 g/mol. The number of methoxy groups -OCH3 is 2. The summed E-state index contributed by atoms with van der Waals surface area (Å²) in [5.41, 5.74) is -0.580. The first-order chi connectivity index (χ1) is 8.92. The van der Waals surface area contributed by atoms with Crippen LogP contribution in [0.5, 0.6) is 0 Å². The highest BCUT2D eigenvalue weighted by Crippen LogP contribution is 2.27. The number of hydrogen-bond acceptors (Lipinski definition) is 6. The van der Waals surface area contributed by atoms with Gasteiger partial charge in [-0.1, -0.05) is 6.58 Å². The van der Waals surface area contributed by atoms with Crippen molar-refractivity contribution in [3.8, 4) is 0 Å². The van der Waals surface area contributed by atoms with Gasteiger partial charge in [0.15, 0.2) is 0 Å². The minimum Gasteiger partial charge on any atom is -0.465 e. The first kappa shape index (κ1) is 14.4. The van der Waals surface area contributed by atoms with Gasteiger partial charge in [0.2, 0.25) is 0 Å². The van der Waals surface area contributed by atoms with Crippen LogP contribution in [0.2, 0.25) is 0 Å². The van der Waals surface area contributed by atoms with Crippen LogP contribution in [0.4, 0.5) is 5.69 Å². The lowest BCUT2D eigenvalue weighted by Crippen LogP contribution is -2.07. The molecule has 0 atom stereocenters. The molecule has 0 saturated heterocycles. The van der Waals surface area contributed by atoms with Crippen LogP contribution in [-0.2, 0) is 14.3 Å². The smallest absolute Gasteiger partial charge is 0.338 e. The maximum Gasteiger partial charge on any atom is 0.338 e. The van der Waals surface area contributed by atoms with Crippen LogP contribution in [0.15, 0.2) is 24.8 Å². The monoisotopic (exact) mass is 265 g/mol. The third kappa shape index (κ3) is 2.95. The lowest BCUT2D eigenvalue weighted by Gasteiger charge is -2.06. The van der Waals surface area contributed by atoms with Crippen molar-refractivity contribution < 1.29 is 24.0 Å². The Balaban J connectivity index is 3.34. The molecule has 1 rings (SSSR count). The standard InChI is InChI=1S/C12H11NO6/c1-7(11(14)18-2)9-5-4-8(12(15)19-3)6-10(9)13(16)17/h4-6H,1H2,2-3H3. The van der Waals surface area contributed by atoms with Gasteiger partial charge in [-0.05, 0) is 12.1 Å². The van der Waals surface area contributed by atoms with Crippen molar-refractivity contribution in [3.05, 3.63) is 46.0 Å². The Bertz CT molecular complexity index is 563. The second-order valence-electron chi connectivity index (χ2n) is 3.45. The van der Waals surface area contributed by atoms with E-state index in [1.54, 1.807) is 0 Å². The largest absolute Gasteiger partial charge is 0.465 e. The molecule has 0 amide bonds. The van der Waals surface area contributed by atoms with E-state index in [1.165, 1.54) is 12.1 Å². The average Bonchev–Trinajstić information content (AvgIpc) is 2.43. The van der Waals surface area contributed by atoms with Gasteiger partial charge in [0.25, 0.3) is 5.69 Å². The molecule has 7 heteroatoms. The SMILES string of the molecule is C=C(C(=O)OC)c1ccc(C(=O)OC)cc1[N+](=O)[O-]. The van der Waals surface area contributed by atoms with E-state index in [4.69, 9.17) is 0 Å². The summed E-state index contributed by atoms with van der Waals surface area (Å²) in [6.45, 7) is 3.44. The maximum atomic E-state index is 11.3. The molecule has 7 nitrogen and oxygen atoms in total. The molecule has 0 fully saturated rings. The molecule has 0 spiro atoms. The fourth-order valence-corrected chi connectivity index (χ4v) is 1.42. The molecule has 1 aromatic carbocycles. The van der Waals surface area contributed by atoms with E-state index < -0.39 is 22.5 Å². The summed E-state index contributed by atoms with van der Waals surface area (Å²) >= 11 is 0. The molecular weight excluding hydrogens is 254 g/mol. The van der Waals surface area contributed by atoms with Crippen molar-refractivity contribution in [2.24, 2.45) is 0 Å². The zero-order valence-corrected chi connectivity index (χ0v) is 10.3. The van der Waals surface area contributed by atoms with Crippen LogP contribution in [0.3, 0.4) is 0 Å². The van der Waals surface area contributed by atoms with Crippen LogP contribution in [-0.4, -0.2) is 31.1 Å².